The van der Waals surface area contributed by atoms with Crippen LogP contribution in [0.4, 0.5) is 0 Å². The summed E-state index contributed by atoms with van der Waals surface area (Å²) in [6.07, 6.45) is 8.80. The maximum Gasteiger partial charge on any atom is 0.303 e. The second-order valence-electron chi connectivity index (χ2n) is 2.71. The van der Waals surface area contributed by atoms with E-state index < -0.39 is 5.97 Å². The molecule has 0 spiro atoms. The minimum atomic E-state index is -0.756. The molecule has 0 amide bonds. The molecule has 0 unspecified atom stereocenters. The Kier molecular flexibility index (Phi) is 3.75. The van der Waals surface area contributed by atoms with Gasteiger partial charge in [0.15, 0.2) is 0 Å². The number of aliphatic carboxylic acids is 1. The molecule has 0 bridgehead atoms. The van der Waals surface area contributed by atoms with E-state index in [0.717, 1.165) is 5.70 Å². The van der Waals surface area contributed by atoms with Crippen molar-refractivity contribution < 1.29 is 9.90 Å². The summed E-state index contributed by atoms with van der Waals surface area (Å²) in [4.78, 5) is 10.2. The highest BCUT2D eigenvalue weighted by atomic mass is 16.4. The highest BCUT2D eigenvalue weighted by Gasteiger charge is 1.99. The average molecular weight is 180 g/mol. The van der Waals surface area contributed by atoms with E-state index in [0.29, 0.717) is 12.8 Å². The van der Waals surface area contributed by atoms with Crippen LogP contribution < -0.4 is 5.43 Å². The van der Waals surface area contributed by atoms with E-state index in [4.69, 9.17) is 5.11 Å². The Bertz CT molecular complexity index is 267. The van der Waals surface area contributed by atoms with Crippen molar-refractivity contribution >= 4 is 12.2 Å². The van der Waals surface area contributed by atoms with Crippen molar-refractivity contribution in [2.75, 3.05) is 0 Å². The first-order valence-electron chi connectivity index (χ1n) is 4.16. The smallest absolute Gasteiger partial charge is 0.303 e. The molecule has 0 saturated heterocycles. The largest absolute Gasteiger partial charge is 0.481 e. The summed E-state index contributed by atoms with van der Waals surface area (Å²) in [7, 11) is 0. The molecule has 0 saturated carbocycles. The SMILES string of the molecule is O=C(O)CCCC1=CC=CC=NN1. The van der Waals surface area contributed by atoms with Gasteiger partial charge in [0.2, 0.25) is 0 Å². The van der Waals surface area contributed by atoms with Crippen LogP contribution in [0.1, 0.15) is 19.3 Å². The lowest BCUT2D eigenvalue weighted by atomic mass is 10.2. The molecular formula is C9H12N2O2. The van der Waals surface area contributed by atoms with Gasteiger partial charge in [-0.15, -0.1) is 0 Å². The number of carbonyl (C=O) groups is 1. The van der Waals surface area contributed by atoms with E-state index >= 15 is 0 Å². The lowest BCUT2D eigenvalue weighted by Crippen LogP contribution is -2.05. The molecule has 1 aliphatic heterocycles. The quantitative estimate of drug-likeness (QED) is 0.684. The van der Waals surface area contributed by atoms with Gasteiger partial charge in [-0.05, 0) is 25.0 Å². The predicted octanol–water partition coefficient (Wildman–Crippen LogP) is 1.27. The lowest BCUT2D eigenvalue weighted by molar-refractivity contribution is -0.137. The first-order chi connectivity index (χ1) is 6.29. The zero-order chi connectivity index (χ0) is 9.52. The van der Waals surface area contributed by atoms with Gasteiger partial charge in [0.05, 0.1) is 0 Å². The normalized spacial score (nSPS) is 14.6. The second kappa shape index (κ2) is 5.13. The molecule has 0 aliphatic carbocycles. The van der Waals surface area contributed by atoms with Gasteiger partial charge in [0.25, 0.3) is 0 Å². The number of rotatable bonds is 4. The Morgan fingerprint density at radius 1 is 1.54 bits per heavy atom. The topological polar surface area (TPSA) is 61.7 Å². The van der Waals surface area contributed by atoms with Crippen molar-refractivity contribution in [1.29, 1.82) is 0 Å². The predicted molar refractivity (Wildman–Crippen MR) is 50.3 cm³/mol. The number of nitrogens with one attached hydrogen (secondary N) is 1. The zero-order valence-corrected chi connectivity index (χ0v) is 7.23. The summed E-state index contributed by atoms with van der Waals surface area (Å²) >= 11 is 0. The van der Waals surface area contributed by atoms with Crippen LogP contribution in [-0.4, -0.2) is 17.3 Å². The Morgan fingerprint density at radius 2 is 2.38 bits per heavy atom. The third-order valence-electron chi connectivity index (χ3n) is 1.61. The van der Waals surface area contributed by atoms with Crippen LogP contribution in [0.5, 0.6) is 0 Å². The highest BCUT2D eigenvalue weighted by Crippen LogP contribution is 2.05. The number of hydrogen-bond acceptors (Lipinski definition) is 3. The number of carboxylic acid groups (broad SMARTS) is 1. The first kappa shape index (κ1) is 9.51. The van der Waals surface area contributed by atoms with Gasteiger partial charge in [-0.25, -0.2) is 0 Å². The van der Waals surface area contributed by atoms with E-state index in [1.165, 1.54) is 0 Å². The Balaban J connectivity index is 2.28. The Labute approximate surface area is 76.6 Å². The summed E-state index contributed by atoms with van der Waals surface area (Å²) in [6, 6.07) is 0. The molecule has 4 nitrogen and oxygen atoms in total. The van der Waals surface area contributed by atoms with Crippen molar-refractivity contribution in [2.24, 2.45) is 5.10 Å². The number of nitrogens with zero attached hydrogens (tertiary/aromatic N) is 1. The van der Waals surface area contributed by atoms with E-state index in [9.17, 15) is 4.79 Å². The lowest BCUT2D eigenvalue weighted by Gasteiger charge is -2.02. The maximum atomic E-state index is 10.2. The van der Waals surface area contributed by atoms with E-state index in [1.807, 2.05) is 18.2 Å². The zero-order valence-electron chi connectivity index (χ0n) is 7.23. The fourth-order valence-corrected chi connectivity index (χ4v) is 0.991. The van der Waals surface area contributed by atoms with Crippen LogP contribution in [-0.2, 0) is 4.79 Å². The van der Waals surface area contributed by atoms with E-state index in [-0.39, 0.29) is 6.42 Å². The Hall–Kier alpha value is -1.58. The van der Waals surface area contributed by atoms with Crippen molar-refractivity contribution in [3.8, 4) is 0 Å². The molecule has 0 aromatic carbocycles. The summed E-state index contributed by atoms with van der Waals surface area (Å²) < 4.78 is 0. The summed E-state index contributed by atoms with van der Waals surface area (Å²) in [5.74, 6) is -0.756. The molecule has 1 heterocycles. The summed E-state index contributed by atoms with van der Waals surface area (Å²) in [6.45, 7) is 0. The van der Waals surface area contributed by atoms with Gasteiger partial charge in [-0.2, -0.15) is 5.10 Å². The number of hydrogen-bond donors (Lipinski definition) is 2. The number of allylic oxidation sites excluding steroid dienone is 4. The van der Waals surface area contributed by atoms with E-state index in [2.05, 4.69) is 10.5 Å². The maximum absolute atomic E-state index is 10.2. The second-order valence-corrected chi connectivity index (χ2v) is 2.71. The summed E-state index contributed by atoms with van der Waals surface area (Å²) in [5.41, 5.74) is 3.78. The molecule has 13 heavy (non-hydrogen) atoms. The molecule has 1 aliphatic rings. The van der Waals surface area contributed by atoms with Crippen LogP contribution in [0.25, 0.3) is 0 Å². The van der Waals surface area contributed by atoms with Gasteiger partial charge in [-0.3, -0.25) is 10.2 Å². The number of carboxylic acids is 1. The van der Waals surface area contributed by atoms with Gasteiger partial charge in [-0.1, -0.05) is 6.08 Å². The van der Waals surface area contributed by atoms with Crippen LogP contribution in [0.3, 0.4) is 0 Å². The first-order valence-corrected chi connectivity index (χ1v) is 4.16. The minimum Gasteiger partial charge on any atom is -0.481 e. The monoisotopic (exact) mass is 180 g/mol. The molecular weight excluding hydrogens is 168 g/mol. The fraction of sp³-hybridized carbons (Fsp3) is 0.333. The van der Waals surface area contributed by atoms with Crippen molar-refractivity contribution in [3.05, 3.63) is 23.9 Å². The van der Waals surface area contributed by atoms with Gasteiger partial charge in [0, 0.05) is 18.3 Å². The van der Waals surface area contributed by atoms with Crippen LogP contribution in [0.15, 0.2) is 29.0 Å². The molecule has 0 fully saturated rings. The molecule has 0 atom stereocenters. The third-order valence-corrected chi connectivity index (χ3v) is 1.61. The van der Waals surface area contributed by atoms with Crippen LogP contribution in [0, 0.1) is 0 Å². The fourth-order valence-electron chi connectivity index (χ4n) is 0.991. The molecule has 0 aromatic rings. The highest BCUT2D eigenvalue weighted by molar-refractivity contribution is 5.71. The van der Waals surface area contributed by atoms with E-state index in [1.54, 1.807) is 6.21 Å². The third kappa shape index (κ3) is 4.10. The molecule has 2 N–H and O–H groups in total. The average Bonchev–Trinajstić information content (AvgIpc) is 2.32. The summed E-state index contributed by atoms with van der Waals surface area (Å²) in [5, 5.41) is 12.3. The van der Waals surface area contributed by atoms with Gasteiger partial charge < -0.3 is 5.11 Å². The number of hydrazone groups is 1. The molecule has 0 aromatic heterocycles. The molecule has 4 heteroatoms. The van der Waals surface area contributed by atoms with Gasteiger partial charge >= 0.3 is 5.97 Å². The minimum absolute atomic E-state index is 0.201. The molecule has 0 radical (unpaired) electrons. The molecule has 70 valence electrons. The standard InChI is InChI=1S/C9H12N2O2/c12-9(13)6-3-5-8-4-1-2-7-10-11-8/h1-2,4,7,11H,3,5-6H2,(H,12,13). The van der Waals surface area contributed by atoms with Crippen molar-refractivity contribution in [1.82, 2.24) is 5.43 Å². The van der Waals surface area contributed by atoms with Crippen LogP contribution in [0.2, 0.25) is 0 Å². The van der Waals surface area contributed by atoms with Crippen molar-refractivity contribution in [3.63, 3.8) is 0 Å². The van der Waals surface area contributed by atoms with Crippen molar-refractivity contribution in [2.45, 2.75) is 19.3 Å². The molecule has 1 rings (SSSR count). The Morgan fingerprint density at radius 3 is 3.15 bits per heavy atom. The van der Waals surface area contributed by atoms with Crippen LogP contribution >= 0.6 is 0 Å². The van der Waals surface area contributed by atoms with Gasteiger partial charge in [0.1, 0.15) is 0 Å².